The van der Waals surface area contributed by atoms with Gasteiger partial charge in [-0.1, -0.05) is 24.1 Å². The molecule has 1 aromatic rings. The number of carbonyl (C=O) groups is 2. The molecular formula is C16H22N2O3. The van der Waals surface area contributed by atoms with Gasteiger partial charge in [0.25, 0.3) is 0 Å². The second-order valence-corrected chi connectivity index (χ2v) is 5.72. The van der Waals surface area contributed by atoms with E-state index in [1.54, 1.807) is 11.9 Å². The van der Waals surface area contributed by atoms with Gasteiger partial charge < -0.3 is 10.4 Å². The Morgan fingerprint density at radius 3 is 2.57 bits per heavy atom. The van der Waals surface area contributed by atoms with Gasteiger partial charge in [0.1, 0.15) is 0 Å². The van der Waals surface area contributed by atoms with E-state index in [0.29, 0.717) is 13.0 Å². The molecular weight excluding hydrogens is 268 g/mol. The Balaban J connectivity index is 1.89. The summed E-state index contributed by atoms with van der Waals surface area (Å²) in [6.45, 7) is 2.42. The number of rotatable bonds is 4. The molecule has 1 aliphatic carbocycles. The first-order valence-electron chi connectivity index (χ1n) is 7.30. The largest absolute Gasteiger partial charge is 0.481 e. The van der Waals surface area contributed by atoms with Crippen LogP contribution in [0.1, 0.15) is 24.8 Å². The lowest BCUT2D eigenvalue weighted by molar-refractivity contribution is -0.142. The third-order valence-electron chi connectivity index (χ3n) is 4.22. The highest BCUT2D eigenvalue weighted by Crippen LogP contribution is 2.31. The molecule has 0 aromatic heterocycles. The molecule has 0 spiro atoms. The van der Waals surface area contributed by atoms with Crippen LogP contribution in [0.4, 0.5) is 10.5 Å². The van der Waals surface area contributed by atoms with Crippen LogP contribution in [0.15, 0.2) is 24.3 Å². The molecule has 0 saturated heterocycles. The van der Waals surface area contributed by atoms with Crippen molar-refractivity contribution < 1.29 is 14.7 Å². The van der Waals surface area contributed by atoms with E-state index >= 15 is 0 Å². The number of anilines is 1. The van der Waals surface area contributed by atoms with Crippen molar-refractivity contribution in [1.29, 1.82) is 0 Å². The number of nitrogens with one attached hydrogen (secondary N) is 1. The average Bonchev–Trinajstić information content (AvgIpc) is 2.93. The van der Waals surface area contributed by atoms with Crippen LogP contribution in [0.3, 0.4) is 0 Å². The molecule has 2 N–H and O–H groups in total. The zero-order valence-corrected chi connectivity index (χ0v) is 12.5. The Kier molecular flexibility index (Phi) is 4.83. The van der Waals surface area contributed by atoms with Crippen LogP contribution in [0.25, 0.3) is 0 Å². The van der Waals surface area contributed by atoms with Crippen molar-refractivity contribution in [2.45, 2.75) is 26.2 Å². The molecule has 114 valence electrons. The van der Waals surface area contributed by atoms with Gasteiger partial charge in [0.2, 0.25) is 0 Å². The van der Waals surface area contributed by atoms with E-state index in [2.05, 4.69) is 5.32 Å². The molecule has 0 heterocycles. The monoisotopic (exact) mass is 290 g/mol. The number of amides is 2. The standard InChI is InChI=1S/C16H22N2O3/c1-11-6-8-13(9-7-11)18(2)16(21)17-10-12-4-3-5-14(12)15(19)20/h6-9,12,14H,3-5,10H2,1-2H3,(H,17,21)(H,19,20). The molecule has 0 bridgehead atoms. The molecule has 2 rings (SSSR count). The van der Waals surface area contributed by atoms with Crippen molar-refractivity contribution >= 4 is 17.7 Å². The summed E-state index contributed by atoms with van der Waals surface area (Å²) in [4.78, 5) is 24.8. The smallest absolute Gasteiger partial charge is 0.321 e. The summed E-state index contributed by atoms with van der Waals surface area (Å²) in [5.41, 5.74) is 1.96. The summed E-state index contributed by atoms with van der Waals surface area (Å²) in [7, 11) is 1.71. The number of carboxylic acids is 1. The van der Waals surface area contributed by atoms with Crippen molar-refractivity contribution in [3.05, 3.63) is 29.8 Å². The zero-order chi connectivity index (χ0) is 15.4. The van der Waals surface area contributed by atoms with E-state index in [-0.39, 0.29) is 17.9 Å². The maximum absolute atomic E-state index is 12.1. The van der Waals surface area contributed by atoms with E-state index in [1.807, 2.05) is 31.2 Å². The molecule has 5 nitrogen and oxygen atoms in total. The molecule has 1 fully saturated rings. The predicted octanol–water partition coefficient (Wildman–Crippen LogP) is 2.64. The number of urea groups is 1. The van der Waals surface area contributed by atoms with Gasteiger partial charge in [-0.2, -0.15) is 0 Å². The van der Waals surface area contributed by atoms with E-state index in [4.69, 9.17) is 5.11 Å². The Morgan fingerprint density at radius 2 is 1.95 bits per heavy atom. The van der Waals surface area contributed by atoms with E-state index in [0.717, 1.165) is 24.1 Å². The Morgan fingerprint density at radius 1 is 1.29 bits per heavy atom. The van der Waals surface area contributed by atoms with Crippen molar-refractivity contribution in [2.24, 2.45) is 11.8 Å². The quantitative estimate of drug-likeness (QED) is 0.895. The third kappa shape index (κ3) is 3.74. The molecule has 1 aliphatic rings. The zero-order valence-electron chi connectivity index (χ0n) is 12.5. The first-order valence-corrected chi connectivity index (χ1v) is 7.30. The van der Waals surface area contributed by atoms with Crippen LogP contribution in [-0.4, -0.2) is 30.7 Å². The van der Waals surface area contributed by atoms with Crippen LogP contribution in [0.5, 0.6) is 0 Å². The fraction of sp³-hybridized carbons (Fsp3) is 0.500. The second kappa shape index (κ2) is 6.61. The molecule has 2 amide bonds. The number of hydrogen-bond donors (Lipinski definition) is 2. The summed E-state index contributed by atoms with van der Waals surface area (Å²) in [6.07, 6.45) is 2.50. The topological polar surface area (TPSA) is 69.6 Å². The molecule has 2 unspecified atom stereocenters. The van der Waals surface area contributed by atoms with Crippen LogP contribution in [-0.2, 0) is 4.79 Å². The number of benzene rings is 1. The molecule has 5 heteroatoms. The van der Waals surface area contributed by atoms with Crippen molar-refractivity contribution in [3.8, 4) is 0 Å². The summed E-state index contributed by atoms with van der Waals surface area (Å²) in [5.74, 6) is -1.04. The van der Waals surface area contributed by atoms with Crippen molar-refractivity contribution in [2.75, 3.05) is 18.5 Å². The molecule has 1 aromatic carbocycles. The highest BCUT2D eigenvalue weighted by molar-refractivity contribution is 5.91. The number of aliphatic carboxylic acids is 1. The lowest BCUT2D eigenvalue weighted by Crippen LogP contribution is -2.41. The minimum atomic E-state index is -0.751. The summed E-state index contributed by atoms with van der Waals surface area (Å²) < 4.78 is 0. The van der Waals surface area contributed by atoms with Crippen molar-refractivity contribution in [3.63, 3.8) is 0 Å². The lowest BCUT2D eigenvalue weighted by atomic mass is 9.96. The van der Waals surface area contributed by atoms with Gasteiger partial charge in [-0.25, -0.2) is 4.79 Å². The number of carbonyl (C=O) groups excluding carboxylic acids is 1. The Labute approximate surface area is 125 Å². The third-order valence-corrected chi connectivity index (χ3v) is 4.22. The number of hydrogen-bond acceptors (Lipinski definition) is 2. The minimum absolute atomic E-state index is 0.0397. The van der Waals surface area contributed by atoms with Gasteiger partial charge in [-0.3, -0.25) is 9.69 Å². The molecule has 2 atom stereocenters. The van der Waals surface area contributed by atoms with E-state index in [9.17, 15) is 9.59 Å². The molecule has 21 heavy (non-hydrogen) atoms. The SMILES string of the molecule is Cc1ccc(N(C)C(=O)NCC2CCCC2C(=O)O)cc1. The van der Waals surface area contributed by atoms with Crippen LogP contribution in [0, 0.1) is 18.8 Å². The van der Waals surface area contributed by atoms with Crippen LogP contribution >= 0.6 is 0 Å². The minimum Gasteiger partial charge on any atom is -0.481 e. The van der Waals surface area contributed by atoms with Crippen molar-refractivity contribution in [1.82, 2.24) is 5.32 Å². The van der Waals surface area contributed by atoms with Gasteiger partial charge in [-0.05, 0) is 37.8 Å². The summed E-state index contributed by atoms with van der Waals surface area (Å²) in [6, 6.07) is 7.50. The molecule has 0 radical (unpaired) electrons. The fourth-order valence-corrected chi connectivity index (χ4v) is 2.83. The van der Waals surface area contributed by atoms with Gasteiger partial charge in [0.15, 0.2) is 0 Å². The first-order chi connectivity index (χ1) is 9.99. The Hall–Kier alpha value is -2.04. The number of carboxylic acid groups (broad SMARTS) is 1. The Bertz CT molecular complexity index is 513. The maximum Gasteiger partial charge on any atom is 0.321 e. The van der Waals surface area contributed by atoms with E-state index < -0.39 is 5.97 Å². The van der Waals surface area contributed by atoms with Gasteiger partial charge in [0, 0.05) is 19.3 Å². The maximum atomic E-state index is 12.1. The van der Waals surface area contributed by atoms with Gasteiger partial charge in [0.05, 0.1) is 5.92 Å². The van der Waals surface area contributed by atoms with Crippen LogP contribution < -0.4 is 10.2 Å². The van der Waals surface area contributed by atoms with E-state index in [1.165, 1.54) is 0 Å². The highest BCUT2D eigenvalue weighted by Gasteiger charge is 2.33. The predicted molar refractivity (Wildman–Crippen MR) is 81.4 cm³/mol. The number of nitrogens with zero attached hydrogens (tertiary/aromatic N) is 1. The summed E-state index contributed by atoms with van der Waals surface area (Å²) in [5, 5.41) is 12.0. The normalized spacial score (nSPS) is 21.0. The van der Waals surface area contributed by atoms with Gasteiger partial charge >= 0.3 is 12.0 Å². The number of aryl methyl sites for hydroxylation is 1. The lowest BCUT2D eigenvalue weighted by Gasteiger charge is -2.21. The highest BCUT2D eigenvalue weighted by atomic mass is 16.4. The molecule has 0 aliphatic heterocycles. The van der Waals surface area contributed by atoms with Crippen LogP contribution in [0.2, 0.25) is 0 Å². The van der Waals surface area contributed by atoms with Gasteiger partial charge in [-0.15, -0.1) is 0 Å². The summed E-state index contributed by atoms with van der Waals surface area (Å²) >= 11 is 0. The fourth-order valence-electron chi connectivity index (χ4n) is 2.83. The average molecular weight is 290 g/mol. The molecule has 1 saturated carbocycles. The second-order valence-electron chi connectivity index (χ2n) is 5.72. The first kappa shape index (κ1) is 15.4.